The maximum Gasteiger partial charge on any atom is 0.409 e. The fourth-order valence-corrected chi connectivity index (χ4v) is 3.26. The molecule has 10 nitrogen and oxygen atoms in total. The van der Waals surface area contributed by atoms with Crippen LogP contribution < -0.4 is 11.1 Å². The molecule has 3 rings (SSSR count). The van der Waals surface area contributed by atoms with Gasteiger partial charge in [0.05, 0.1) is 24.4 Å². The number of pyridine rings is 1. The summed E-state index contributed by atoms with van der Waals surface area (Å²) in [6.07, 6.45) is -0.470. The van der Waals surface area contributed by atoms with Gasteiger partial charge in [0, 0.05) is 14.1 Å². The topological polar surface area (TPSA) is 124 Å². The number of nitrogens with zero attached hydrogens (tertiary/aromatic N) is 4. The summed E-state index contributed by atoms with van der Waals surface area (Å²) in [5.74, 6) is 0.0956. The Morgan fingerprint density at radius 3 is 2.56 bits per heavy atom. The van der Waals surface area contributed by atoms with Crippen LogP contribution in [0.2, 0.25) is 0 Å². The standard InChI is InChI=1S/C24H32N6O4/c1-16-8-6-9-17(12-16)13-33-15-19(26-22(31)24(2,3)25)21-28-27-20-11-7-10-18(30(20)21)14-34-23(32)29(4)5/h6-12,19H,13-15,25H2,1-5H3,(H,26,31)/t19-/m1/s1. The van der Waals surface area contributed by atoms with Crippen molar-refractivity contribution >= 4 is 17.6 Å². The summed E-state index contributed by atoms with van der Waals surface area (Å²) in [7, 11) is 3.22. The smallest absolute Gasteiger partial charge is 0.409 e. The molecule has 0 spiro atoms. The Morgan fingerprint density at radius 1 is 1.15 bits per heavy atom. The second-order valence-corrected chi connectivity index (χ2v) is 8.97. The zero-order valence-electron chi connectivity index (χ0n) is 20.2. The Bertz CT molecular complexity index is 1150. The third-order valence-corrected chi connectivity index (χ3v) is 5.08. The van der Waals surface area contributed by atoms with Gasteiger partial charge >= 0.3 is 6.09 Å². The lowest BCUT2D eigenvalue weighted by Crippen LogP contribution is -2.51. The SMILES string of the molecule is Cc1cccc(COC[C@@H](NC(=O)C(C)(C)N)c2nnc3cccc(COC(=O)N(C)C)n23)c1. The van der Waals surface area contributed by atoms with Gasteiger partial charge in [-0.2, -0.15) is 0 Å². The van der Waals surface area contributed by atoms with E-state index in [9.17, 15) is 9.59 Å². The Labute approximate surface area is 199 Å². The molecule has 2 amide bonds. The normalized spacial score (nSPS) is 12.4. The number of carbonyl (C=O) groups is 2. The van der Waals surface area contributed by atoms with Crippen LogP contribution in [0.15, 0.2) is 42.5 Å². The van der Waals surface area contributed by atoms with Crippen LogP contribution in [-0.4, -0.2) is 57.7 Å². The molecule has 2 heterocycles. The molecule has 0 bridgehead atoms. The molecule has 0 saturated heterocycles. The van der Waals surface area contributed by atoms with Crippen LogP contribution in [0.25, 0.3) is 5.65 Å². The maximum atomic E-state index is 12.7. The summed E-state index contributed by atoms with van der Waals surface area (Å²) in [6, 6.07) is 12.8. The third-order valence-electron chi connectivity index (χ3n) is 5.08. The van der Waals surface area contributed by atoms with Gasteiger partial charge in [-0.05, 0) is 38.5 Å². The molecule has 0 aliphatic rings. The molecule has 34 heavy (non-hydrogen) atoms. The van der Waals surface area contributed by atoms with Crippen molar-refractivity contribution < 1.29 is 19.1 Å². The molecule has 182 valence electrons. The average molecular weight is 469 g/mol. The molecule has 2 aromatic heterocycles. The van der Waals surface area contributed by atoms with E-state index in [-0.39, 0.29) is 19.1 Å². The van der Waals surface area contributed by atoms with Gasteiger partial charge in [-0.15, -0.1) is 10.2 Å². The van der Waals surface area contributed by atoms with Crippen molar-refractivity contribution in [2.75, 3.05) is 20.7 Å². The Morgan fingerprint density at radius 2 is 1.88 bits per heavy atom. The lowest BCUT2D eigenvalue weighted by molar-refractivity contribution is -0.126. The first-order valence-corrected chi connectivity index (χ1v) is 11.0. The van der Waals surface area contributed by atoms with E-state index in [4.69, 9.17) is 15.2 Å². The fourth-order valence-electron chi connectivity index (χ4n) is 3.26. The van der Waals surface area contributed by atoms with Crippen molar-refractivity contribution in [3.05, 3.63) is 65.1 Å². The average Bonchev–Trinajstić information content (AvgIpc) is 3.20. The van der Waals surface area contributed by atoms with Gasteiger partial charge in [0.2, 0.25) is 5.91 Å². The molecule has 3 aromatic rings. The number of nitrogens with one attached hydrogen (secondary N) is 1. The number of hydrogen-bond acceptors (Lipinski definition) is 7. The van der Waals surface area contributed by atoms with Gasteiger partial charge in [0.15, 0.2) is 11.5 Å². The lowest BCUT2D eigenvalue weighted by Gasteiger charge is -2.24. The number of fused-ring (bicyclic) bond motifs is 1. The molecule has 1 aromatic carbocycles. The van der Waals surface area contributed by atoms with Gasteiger partial charge in [-0.3, -0.25) is 9.20 Å². The number of aryl methyl sites for hydroxylation is 1. The van der Waals surface area contributed by atoms with Crippen LogP contribution in [0.3, 0.4) is 0 Å². The zero-order chi connectivity index (χ0) is 24.9. The fraction of sp³-hybridized carbons (Fsp3) is 0.417. The zero-order valence-corrected chi connectivity index (χ0v) is 20.2. The number of hydrogen-bond donors (Lipinski definition) is 2. The molecule has 1 atom stereocenters. The van der Waals surface area contributed by atoms with Crippen LogP contribution in [0.1, 0.15) is 42.5 Å². The summed E-state index contributed by atoms with van der Waals surface area (Å²) in [6.45, 7) is 5.78. The largest absolute Gasteiger partial charge is 0.443 e. The van der Waals surface area contributed by atoms with Crippen molar-refractivity contribution in [3.8, 4) is 0 Å². The van der Waals surface area contributed by atoms with E-state index in [2.05, 4.69) is 15.5 Å². The molecular weight excluding hydrogens is 436 g/mol. The van der Waals surface area contributed by atoms with Crippen LogP contribution in [0.5, 0.6) is 0 Å². The van der Waals surface area contributed by atoms with Crippen LogP contribution >= 0.6 is 0 Å². The van der Waals surface area contributed by atoms with Crippen molar-refractivity contribution in [2.45, 2.75) is 45.6 Å². The quantitative estimate of drug-likeness (QED) is 0.494. The predicted molar refractivity (Wildman–Crippen MR) is 127 cm³/mol. The number of amides is 2. The van der Waals surface area contributed by atoms with E-state index in [0.717, 1.165) is 11.1 Å². The molecule has 0 unspecified atom stereocenters. The third kappa shape index (κ3) is 6.30. The van der Waals surface area contributed by atoms with Gasteiger partial charge in [0.25, 0.3) is 0 Å². The summed E-state index contributed by atoms with van der Waals surface area (Å²) >= 11 is 0. The van der Waals surface area contributed by atoms with E-state index in [1.54, 1.807) is 44.5 Å². The molecule has 0 aliphatic heterocycles. The minimum absolute atomic E-state index is 0.00654. The van der Waals surface area contributed by atoms with Crippen LogP contribution in [0, 0.1) is 6.92 Å². The first kappa shape index (κ1) is 25.1. The van der Waals surface area contributed by atoms with Gasteiger partial charge in [-0.25, -0.2) is 4.79 Å². The predicted octanol–water partition coefficient (Wildman–Crippen LogP) is 2.35. The first-order chi connectivity index (χ1) is 16.1. The Hall–Kier alpha value is -3.50. The molecule has 0 saturated carbocycles. The molecule has 10 heteroatoms. The summed E-state index contributed by atoms with van der Waals surface area (Å²) in [4.78, 5) is 26.0. The van der Waals surface area contributed by atoms with Crippen molar-refractivity contribution in [1.29, 1.82) is 0 Å². The number of carbonyl (C=O) groups excluding carboxylic acids is 2. The van der Waals surface area contributed by atoms with E-state index < -0.39 is 17.7 Å². The van der Waals surface area contributed by atoms with E-state index >= 15 is 0 Å². The number of aromatic nitrogens is 3. The highest BCUT2D eigenvalue weighted by Crippen LogP contribution is 2.19. The number of nitrogens with two attached hydrogens (primary N) is 1. The molecular formula is C24H32N6O4. The summed E-state index contributed by atoms with van der Waals surface area (Å²) in [5.41, 5.74) is 8.27. The minimum atomic E-state index is -1.10. The second-order valence-electron chi connectivity index (χ2n) is 8.97. The minimum Gasteiger partial charge on any atom is -0.443 e. The molecule has 0 aliphatic carbocycles. The number of rotatable bonds is 9. The number of benzene rings is 1. The molecule has 3 N–H and O–H groups in total. The van der Waals surface area contributed by atoms with Gasteiger partial charge < -0.3 is 25.4 Å². The highest BCUT2D eigenvalue weighted by molar-refractivity contribution is 5.85. The van der Waals surface area contributed by atoms with E-state index in [1.165, 1.54) is 4.90 Å². The summed E-state index contributed by atoms with van der Waals surface area (Å²) in [5, 5.41) is 11.5. The van der Waals surface area contributed by atoms with Crippen molar-refractivity contribution in [2.24, 2.45) is 5.73 Å². The highest BCUT2D eigenvalue weighted by atomic mass is 16.6. The second kappa shape index (κ2) is 10.6. The van der Waals surface area contributed by atoms with Crippen molar-refractivity contribution in [3.63, 3.8) is 0 Å². The Balaban J connectivity index is 1.88. The highest BCUT2D eigenvalue weighted by Gasteiger charge is 2.28. The van der Waals surface area contributed by atoms with Crippen molar-refractivity contribution in [1.82, 2.24) is 24.8 Å². The Kier molecular flexibility index (Phi) is 7.85. The van der Waals surface area contributed by atoms with Gasteiger partial charge in [-0.1, -0.05) is 35.9 Å². The lowest BCUT2D eigenvalue weighted by atomic mass is 10.1. The van der Waals surface area contributed by atoms with E-state index in [0.29, 0.717) is 23.8 Å². The monoisotopic (exact) mass is 468 g/mol. The van der Waals surface area contributed by atoms with Gasteiger partial charge in [0.1, 0.15) is 12.6 Å². The molecule has 0 radical (unpaired) electrons. The first-order valence-electron chi connectivity index (χ1n) is 11.0. The van der Waals surface area contributed by atoms with Crippen LogP contribution in [-0.2, 0) is 27.5 Å². The maximum absolute atomic E-state index is 12.7. The summed E-state index contributed by atoms with van der Waals surface area (Å²) < 4.78 is 13.1. The van der Waals surface area contributed by atoms with Crippen LogP contribution in [0.4, 0.5) is 4.79 Å². The number of ether oxygens (including phenoxy) is 2. The van der Waals surface area contributed by atoms with E-state index in [1.807, 2.05) is 37.3 Å². The molecule has 0 fully saturated rings.